The van der Waals surface area contributed by atoms with Gasteiger partial charge in [-0.1, -0.05) is 42.5 Å². The number of benzene rings is 2. The molecule has 2 aromatic carbocycles. The largest absolute Gasteiger partial charge is 0.351 e. The van der Waals surface area contributed by atoms with Crippen molar-refractivity contribution in [1.29, 1.82) is 0 Å². The van der Waals surface area contributed by atoms with Crippen LogP contribution < -0.4 is 4.90 Å². The van der Waals surface area contributed by atoms with Crippen molar-refractivity contribution in [3.05, 3.63) is 65.9 Å². The molecule has 1 saturated heterocycles. The lowest BCUT2D eigenvalue weighted by Gasteiger charge is -2.35. The van der Waals surface area contributed by atoms with Crippen molar-refractivity contribution in [2.24, 2.45) is 0 Å². The predicted molar refractivity (Wildman–Crippen MR) is 98.8 cm³/mol. The molecule has 126 valence electrons. The second-order valence-corrected chi connectivity index (χ2v) is 6.35. The van der Waals surface area contributed by atoms with Gasteiger partial charge in [0.25, 0.3) is 5.91 Å². The average molecular weight is 332 g/mol. The maximum absolute atomic E-state index is 12.8. The fourth-order valence-electron chi connectivity index (χ4n) is 3.35. The molecule has 0 spiro atoms. The van der Waals surface area contributed by atoms with Crippen LogP contribution in [-0.4, -0.2) is 47.2 Å². The maximum Gasteiger partial charge on any atom is 0.254 e. The number of amides is 1. The molecule has 0 N–H and O–H groups in total. The number of carbonyl (C=O) groups excluding carboxylic acids is 1. The fourth-order valence-corrected chi connectivity index (χ4v) is 3.35. The van der Waals surface area contributed by atoms with Crippen LogP contribution in [0.2, 0.25) is 0 Å². The monoisotopic (exact) mass is 332 g/mol. The van der Waals surface area contributed by atoms with Crippen molar-refractivity contribution in [2.45, 2.75) is 6.92 Å². The topological polar surface area (TPSA) is 49.3 Å². The maximum atomic E-state index is 12.8. The highest BCUT2D eigenvalue weighted by atomic mass is 16.2. The van der Waals surface area contributed by atoms with Crippen molar-refractivity contribution >= 4 is 22.5 Å². The molecule has 0 radical (unpaired) electrons. The first-order chi connectivity index (χ1) is 12.2. The molecule has 1 fully saturated rings. The summed E-state index contributed by atoms with van der Waals surface area (Å²) in [5, 5.41) is 10.7. The highest BCUT2D eigenvalue weighted by Crippen LogP contribution is 2.24. The van der Waals surface area contributed by atoms with Gasteiger partial charge in [-0.2, -0.15) is 5.10 Å². The van der Waals surface area contributed by atoms with Crippen LogP contribution in [0.3, 0.4) is 0 Å². The Balaban J connectivity index is 1.52. The number of rotatable bonds is 2. The van der Waals surface area contributed by atoms with Crippen LogP contribution in [0.25, 0.3) is 10.8 Å². The lowest BCUT2D eigenvalue weighted by molar-refractivity contribution is 0.0746. The zero-order chi connectivity index (χ0) is 17.2. The third-order valence-electron chi connectivity index (χ3n) is 4.79. The number of piperazine rings is 1. The second kappa shape index (κ2) is 6.51. The summed E-state index contributed by atoms with van der Waals surface area (Å²) in [5.41, 5.74) is 1.82. The summed E-state index contributed by atoms with van der Waals surface area (Å²) in [6.07, 6.45) is 1.79. The van der Waals surface area contributed by atoms with Gasteiger partial charge >= 0.3 is 0 Å². The molecule has 4 rings (SSSR count). The number of aromatic nitrogens is 2. The summed E-state index contributed by atoms with van der Waals surface area (Å²) >= 11 is 0. The Morgan fingerprint density at radius 2 is 1.68 bits per heavy atom. The standard InChI is InChI=1S/C20H20N4O/c1-15-6-2-4-8-17(15)20(25)24-12-10-23(11-13-24)19-18-9-5-3-7-16(18)14-21-22-19/h2-9,14H,10-13H2,1H3. The Morgan fingerprint density at radius 1 is 0.960 bits per heavy atom. The van der Waals surface area contributed by atoms with Gasteiger partial charge in [-0.15, -0.1) is 5.10 Å². The summed E-state index contributed by atoms with van der Waals surface area (Å²) in [6, 6.07) is 15.9. The minimum absolute atomic E-state index is 0.113. The van der Waals surface area contributed by atoms with Crippen LogP contribution >= 0.6 is 0 Å². The number of hydrogen-bond donors (Lipinski definition) is 0. The number of aryl methyl sites for hydroxylation is 1. The number of hydrogen-bond acceptors (Lipinski definition) is 4. The molecule has 0 bridgehead atoms. The highest BCUT2D eigenvalue weighted by Gasteiger charge is 2.24. The van der Waals surface area contributed by atoms with E-state index in [1.165, 1.54) is 0 Å². The number of carbonyl (C=O) groups is 1. The molecule has 0 aliphatic carbocycles. The van der Waals surface area contributed by atoms with Crippen LogP contribution in [0.5, 0.6) is 0 Å². The molecule has 5 nitrogen and oxygen atoms in total. The third kappa shape index (κ3) is 2.93. The van der Waals surface area contributed by atoms with Crippen LogP contribution in [0, 0.1) is 6.92 Å². The molecule has 1 aliphatic heterocycles. The lowest BCUT2D eigenvalue weighted by atomic mass is 10.1. The molecule has 1 amide bonds. The van der Waals surface area contributed by atoms with Gasteiger partial charge in [0.2, 0.25) is 0 Å². The Labute approximate surface area is 146 Å². The average Bonchev–Trinajstić information content (AvgIpc) is 2.67. The first-order valence-electron chi connectivity index (χ1n) is 8.54. The van der Waals surface area contributed by atoms with E-state index in [9.17, 15) is 4.79 Å². The van der Waals surface area contributed by atoms with Crippen LogP contribution in [0.15, 0.2) is 54.7 Å². The zero-order valence-corrected chi connectivity index (χ0v) is 14.2. The SMILES string of the molecule is Cc1ccccc1C(=O)N1CCN(c2nncc3ccccc23)CC1. The normalized spacial score (nSPS) is 14.8. The third-order valence-corrected chi connectivity index (χ3v) is 4.79. The molecule has 1 aliphatic rings. The van der Waals surface area contributed by atoms with Gasteiger partial charge in [-0.05, 0) is 18.6 Å². The Morgan fingerprint density at radius 3 is 2.48 bits per heavy atom. The molecule has 0 unspecified atom stereocenters. The van der Waals surface area contributed by atoms with E-state index in [-0.39, 0.29) is 5.91 Å². The molecule has 2 heterocycles. The number of anilines is 1. The predicted octanol–water partition coefficient (Wildman–Crippen LogP) is 2.90. The van der Waals surface area contributed by atoms with Crippen LogP contribution in [0.4, 0.5) is 5.82 Å². The van der Waals surface area contributed by atoms with Gasteiger partial charge in [0.05, 0.1) is 6.20 Å². The van der Waals surface area contributed by atoms with E-state index >= 15 is 0 Å². The molecule has 1 aromatic heterocycles. The van der Waals surface area contributed by atoms with Gasteiger partial charge in [0, 0.05) is 42.5 Å². The number of fused-ring (bicyclic) bond motifs is 1. The molecule has 3 aromatic rings. The van der Waals surface area contributed by atoms with E-state index < -0.39 is 0 Å². The van der Waals surface area contributed by atoms with Crippen molar-refractivity contribution < 1.29 is 4.79 Å². The molecule has 25 heavy (non-hydrogen) atoms. The van der Waals surface area contributed by atoms with Crippen molar-refractivity contribution in [1.82, 2.24) is 15.1 Å². The molecular weight excluding hydrogens is 312 g/mol. The van der Waals surface area contributed by atoms with Crippen molar-refractivity contribution in [3.63, 3.8) is 0 Å². The lowest BCUT2D eigenvalue weighted by Crippen LogP contribution is -2.49. The molecule has 0 saturated carbocycles. The smallest absolute Gasteiger partial charge is 0.254 e. The molecule has 0 atom stereocenters. The molecular formula is C20H20N4O. The van der Waals surface area contributed by atoms with Gasteiger partial charge in [-0.3, -0.25) is 4.79 Å². The van der Waals surface area contributed by atoms with E-state index in [4.69, 9.17) is 0 Å². The second-order valence-electron chi connectivity index (χ2n) is 6.35. The molecule has 5 heteroatoms. The van der Waals surface area contributed by atoms with Crippen LogP contribution in [0.1, 0.15) is 15.9 Å². The fraction of sp³-hybridized carbons (Fsp3) is 0.250. The van der Waals surface area contributed by atoms with E-state index in [1.807, 2.05) is 54.3 Å². The Kier molecular flexibility index (Phi) is 4.06. The first kappa shape index (κ1) is 15.6. The van der Waals surface area contributed by atoms with E-state index in [0.29, 0.717) is 13.1 Å². The summed E-state index contributed by atoms with van der Waals surface area (Å²) in [7, 11) is 0. The zero-order valence-electron chi connectivity index (χ0n) is 14.2. The quantitative estimate of drug-likeness (QED) is 0.724. The first-order valence-corrected chi connectivity index (χ1v) is 8.54. The number of nitrogens with zero attached hydrogens (tertiary/aromatic N) is 4. The minimum Gasteiger partial charge on any atom is -0.351 e. The van der Waals surface area contributed by atoms with E-state index in [2.05, 4.69) is 21.2 Å². The van der Waals surface area contributed by atoms with E-state index in [1.54, 1.807) is 6.20 Å². The highest BCUT2D eigenvalue weighted by molar-refractivity contribution is 5.96. The van der Waals surface area contributed by atoms with Gasteiger partial charge in [-0.25, -0.2) is 0 Å². The Bertz CT molecular complexity index is 911. The summed E-state index contributed by atoms with van der Waals surface area (Å²) < 4.78 is 0. The van der Waals surface area contributed by atoms with Gasteiger partial charge in [0.1, 0.15) is 0 Å². The minimum atomic E-state index is 0.113. The summed E-state index contributed by atoms with van der Waals surface area (Å²) in [4.78, 5) is 16.9. The summed E-state index contributed by atoms with van der Waals surface area (Å²) in [6.45, 7) is 4.89. The van der Waals surface area contributed by atoms with Gasteiger partial charge in [0.15, 0.2) is 5.82 Å². The summed E-state index contributed by atoms with van der Waals surface area (Å²) in [5.74, 6) is 1.02. The van der Waals surface area contributed by atoms with Crippen LogP contribution in [-0.2, 0) is 0 Å². The Hall–Kier alpha value is -2.95. The van der Waals surface area contributed by atoms with Crippen molar-refractivity contribution in [3.8, 4) is 0 Å². The van der Waals surface area contributed by atoms with E-state index in [0.717, 1.165) is 40.8 Å². The van der Waals surface area contributed by atoms with Gasteiger partial charge < -0.3 is 9.80 Å². The van der Waals surface area contributed by atoms with Crippen molar-refractivity contribution in [2.75, 3.05) is 31.1 Å².